The van der Waals surface area contributed by atoms with E-state index in [0.717, 1.165) is 29.5 Å². The first-order valence-electron chi connectivity index (χ1n) is 11.1. The van der Waals surface area contributed by atoms with E-state index in [1.54, 1.807) is 29.5 Å². The van der Waals surface area contributed by atoms with Gasteiger partial charge in [0, 0.05) is 11.4 Å². The van der Waals surface area contributed by atoms with Crippen LogP contribution in [0, 0.1) is 11.7 Å². The molecule has 1 N–H and O–H groups in total. The van der Waals surface area contributed by atoms with Crippen LogP contribution >= 0.6 is 23.1 Å². The fourth-order valence-corrected chi connectivity index (χ4v) is 6.36. The van der Waals surface area contributed by atoms with Gasteiger partial charge in [-0.2, -0.15) is 0 Å². The Kier molecular flexibility index (Phi) is 6.51. The van der Waals surface area contributed by atoms with E-state index in [0.29, 0.717) is 40.8 Å². The first-order valence-corrected chi connectivity index (χ1v) is 12.9. The molecule has 0 saturated heterocycles. The number of thiophene rings is 1. The lowest BCUT2D eigenvalue weighted by molar-refractivity contribution is 0.288. The highest BCUT2D eigenvalue weighted by Gasteiger charge is 2.23. The van der Waals surface area contributed by atoms with E-state index >= 15 is 0 Å². The van der Waals surface area contributed by atoms with Crippen LogP contribution in [0.15, 0.2) is 46.9 Å². The average Bonchev–Trinajstić information content (AvgIpc) is 3.38. The summed E-state index contributed by atoms with van der Waals surface area (Å²) >= 11 is 3.09. The van der Waals surface area contributed by atoms with Crippen LogP contribution in [0.2, 0.25) is 0 Å². The molecular weight excluding hydrogens is 473 g/mol. The quantitative estimate of drug-likeness (QED) is 0.275. The molecule has 4 aromatic rings. The van der Waals surface area contributed by atoms with Crippen molar-refractivity contribution in [2.75, 3.05) is 0 Å². The number of rotatable bonds is 8. The van der Waals surface area contributed by atoms with Gasteiger partial charge in [0.15, 0.2) is 11.0 Å². The number of aromatic nitrogens is 5. The molecule has 1 unspecified atom stereocenters. The second-order valence-electron chi connectivity index (χ2n) is 8.37. The molecule has 1 aliphatic rings. The number of ether oxygens (including phenoxy) is 1. The van der Waals surface area contributed by atoms with Crippen LogP contribution in [0.1, 0.15) is 35.4 Å². The van der Waals surface area contributed by atoms with Crippen LogP contribution in [-0.2, 0) is 31.7 Å². The fraction of sp³-hybridized carbons (Fsp3) is 0.333. The second kappa shape index (κ2) is 9.71. The third-order valence-corrected chi connectivity index (χ3v) is 7.97. The van der Waals surface area contributed by atoms with Gasteiger partial charge in [-0.05, 0) is 55.0 Å². The maximum Gasteiger partial charge on any atom is 0.259 e. The largest absolute Gasteiger partial charge is 0.486 e. The van der Waals surface area contributed by atoms with Gasteiger partial charge in [-0.15, -0.1) is 28.1 Å². The van der Waals surface area contributed by atoms with Crippen molar-refractivity contribution in [1.29, 1.82) is 0 Å². The Morgan fingerprint density at radius 1 is 1.35 bits per heavy atom. The molecule has 0 bridgehead atoms. The van der Waals surface area contributed by atoms with Gasteiger partial charge in [0.05, 0.1) is 11.1 Å². The maximum atomic E-state index is 13.1. The Bertz CT molecular complexity index is 1390. The highest BCUT2D eigenvalue weighted by molar-refractivity contribution is 7.98. The molecule has 5 rings (SSSR count). The summed E-state index contributed by atoms with van der Waals surface area (Å²) in [6.07, 6.45) is 4.84. The van der Waals surface area contributed by atoms with Gasteiger partial charge in [-0.3, -0.25) is 9.36 Å². The predicted octanol–water partition coefficient (Wildman–Crippen LogP) is 4.90. The van der Waals surface area contributed by atoms with Crippen molar-refractivity contribution in [3.05, 3.63) is 75.2 Å². The Morgan fingerprint density at radius 2 is 2.18 bits per heavy atom. The van der Waals surface area contributed by atoms with Crippen molar-refractivity contribution >= 4 is 33.3 Å². The number of aryl methyl sites for hydroxylation is 1. The molecule has 34 heavy (non-hydrogen) atoms. The molecule has 1 atom stereocenters. The minimum absolute atomic E-state index is 0.0615. The third kappa shape index (κ3) is 4.65. The van der Waals surface area contributed by atoms with Crippen LogP contribution < -0.4 is 10.3 Å². The zero-order valence-corrected chi connectivity index (χ0v) is 20.3. The molecule has 0 amide bonds. The van der Waals surface area contributed by atoms with Crippen molar-refractivity contribution in [2.24, 2.45) is 5.92 Å². The summed E-state index contributed by atoms with van der Waals surface area (Å²) in [5.41, 5.74) is 1.12. The predicted molar refractivity (Wildman–Crippen MR) is 132 cm³/mol. The summed E-state index contributed by atoms with van der Waals surface area (Å²) < 4.78 is 20.7. The number of nitrogens with one attached hydrogen (secondary N) is 1. The van der Waals surface area contributed by atoms with Gasteiger partial charge < -0.3 is 9.72 Å². The molecule has 0 spiro atoms. The summed E-state index contributed by atoms with van der Waals surface area (Å²) in [5.74, 6) is 2.58. The van der Waals surface area contributed by atoms with E-state index in [-0.39, 0.29) is 18.0 Å². The molecule has 3 aromatic heterocycles. The van der Waals surface area contributed by atoms with Gasteiger partial charge in [0.1, 0.15) is 28.8 Å². The van der Waals surface area contributed by atoms with Gasteiger partial charge in [0.2, 0.25) is 0 Å². The Morgan fingerprint density at radius 3 is 2.97 bits per heavy atom. The van der Waals surface area contributed by atoms with Crippen molar-refractivity contribution in [1.82, 2.24) is 24.7 Å². The number of halogens is 1. The Hall–Kier alpha value is -2.98. The molecule has 0 saturated carbocycles. The summed E-state index contributed by atoms with van der Waals surface area (Å²) in [4.78, 5) is 22.7. The number of nitrogens with zero attached hydrogens (tertiary/aromatic N) is 4. The number of hydrogen-bond acceptors (Lipinski definition) is 7. The number of benzene rings is 1. The number of aromatic amines is 1. The molecule has 176 valence electrons. The van der Waals surface area contributed by atoms with E-state index in [4.69, 9.17) is 9.72 Å². The lowest BCUT2D eigenvalue weighted by atomic mass is 9.89. The summed E-state index contributed by atoms with van der Waals surface area (Å²) in [7, 11) is 0. The summed E-state index contributed by atoms with van der Waals surface area (Å²) in [6, 6.07) is 5.83. The number of fused-ring (bicyclic) bond motifs is 3. The van der Waals surface area contributed by atoms with Crippen LogP contribution in [0.4, 0.5) is 4.39 Å². The van der Waals surface area contributed by atoms with E-state index < -0.39 is 0 Å². The lowest BCUT2D eigenvalue weighted by Crippen LogP contribution is -2.14. The van der Waals surface area contributed by atoms with Crippen molar-refractivity contribution < 1.29 is 9.13 Å². The monoisotopic (exact) mass is 497 g/mol. The molecule has 3 heterocycles. The lowest BCUT2D eigenvalue weighted by Gasteiger charge is -2.17. The molecule has 0 radical (unpaired) electrons. The SMILES string of the molecule is C=CCn1c(COc2ccc(F)cc2)nnc1SCc1nc2sc3c(c2c(=O)[nH]1)CCC(C)C3. The first-order chi connectivity index (χ1) is 16.5. The molecule has 7 nitrogen and oxygen atoms in total. The van der Waals surface area contributed by atoms with Gasteiger partial charge >= 0.3 is 0 Å². The Balaban J connectivity index is 1.33. The fourth-order valence-electron chi connectivity index (χ4n) is 4.12. The number of thioether (sulfide) groups is 1. The van der Waals surface area contributed by atoms with Crippen molar-refractivity contribution in [2.45, 2.75) is 50.2 Å². The Labute approximate surface area is 204 Å². The van der Waals surface area contributed by atoms with Crippen molar-refractivity contribution in [3.8, 4) is 5.75 Å². The average molecular weight is 498 g/mol. The van der Waals surface area contributed by atoms with E-state index in [2.05, 4.69) is 28.7 Å². The molecule has 10 heteroatoms. The van der Waals surface area contributed by atoms with E-state index in [9.17, 15) is 9.18 Å². The smallest absolute Gasteiger partial charge is 0.259 e. The highest BCUT2D eigenvalue weighted by Crippen LogP contribution is 2.35. The van der Waals surface area contributed by atoms with Crippen LogP contribution in [0.3, 0.4) is 0 Å². The van der Waals surface area contributed by atoms with Crippen molar-refractivity contribution in [3.63, 3.8) is 0 Å². The topological polar surface area (TPSA) is 85.7 Å². The molecule has 1 aliphatic carbocycles. The maximum absolute atomic E-state index is 13.1. The minimum Gasteiger partial charge on any atom is -0.486 e. The number of H-pyrrole nitrogens is 1. The van der Waals surface area contributed by atoms with E-state index in [1.165, 1.54) is 34.3 Å². The number of allylic oxidation sites excluding steroid dienone is 1. The van der Waals surface area contributed by atoms with Gasteiger partial charge in [-0.25, -0.2) is 9.37 Å². The summed E-state index contributed by atoms with van der Waals surface area (Å²) in [6.45, 7) is 6.77. The second-order valence-corrected chi connectivity index (χ2v) is 10.4. The zero-order valence-electron chi connectivity index (χ0n) is 18.7. The third-order valence-electron chi connectivity index (χ3n) is 5.84. The van der Waals surface area contributed by atoms with Crippen LogP contribution in [0.25, 0.3) is 10.2 Å². The van der Waals surface area contributed by atoms with Gasteiger partial charge in [0.25, 0.3) is 5.56 Å². The van der Waals surface area contributed by atoms with Crippen LogP contribution in [0.5, 0.6) is 5.75 Å². The first kappa shape index (κ1) is 22.8. The molecule has 0 fully saturated rings. The normalized spacial score (nSPS) is 15.4. The standard InChI is InChI=1S/C24H24FN5O2S2/c1-3-10-30-20(12-32-16-7-5-15(25)6-8-16)28-29-24(30)33-13-19-26-22(31)21-17-9-4-14(2)11-18(17)34-23(21)27-19/h3,5-8,14H,1,4,9-13H2,2H3,(H,26,27,31). The molecular formula is C24H24FN5O2S2. The summed E-state index contributed by atoms with van der Waals surface area (Å²) in [5, 5.41) is 9.99. The molecule has 0 aliphatic heterocycles. The highest BCUT2D eigenvalue weighted by atomic mass is 32.2. The zero-order chi connectivity index (χ0) is 23.7. The van der Waals surface area contributed by atoms with Crippen LogP contribution in [-0.4, -0.2) is 24.7 Å². The van der Waals surface area contributed by atoms with Gasteiger partial charge in [-0.1, -0.05) is 24.8 Å². The number of hydrogen-bond donors (Lipinski definition) is 1. The molecule has 1 aromatic carbocycles. The van der Waals surface area contributed by atoms with E-state index in [1.807, 2.05) is 4.57 Å². The minimum atomic E-state index is -0.317.